The van der Waals surface area contributed by atoms with Gasteiger partial charge in [0, 0.05) is 18.3 Å². The summed E-state index contributed by atoms with van der Waals surface area (Å²) >= 11 is 1.19. The second-order valence-electron chi connectivity index (χ2n) is 4.08. The lowest BCUT2D eigenvalue weighted by Crippen LogP contribution is -2.35. The normalized spacial score (nSPS) is 10.3. The molecule has 0 bridgehead atoms. The van der Waals surface area contributed by atoms with Crippen molar-refractivity contribution in [3.05, 3.63) is 28.2 Å². The van der Waals surface area contributed by atoms with Gasteiger partial charge < -0.3 is 15.7 Å². The molecule has 0 fully saturated rings. The Hall–Kier alpha value is -2.49. The van der Waals surface area contributed by atoms with E-state index in [2.05, 4.69) is 30.8 Å². The number of carboxylic acids is 1. The Morgan fingerprint density at radius 3 is 2.90 bits per heavy atom. The number of aromatic nitrogens is 4. The third kappa shape index (κ3) is 4.84. The fourth-order valence-corrected chi connectivity index (χ4v) is 2.23. The van der Waals surface area contributed by atoms with E-state index >= 15 is 0 Å². The van der Waals surface area contributed by atoms with Crippen molar-refractivity contribution in [2.24, 2.45) is 0 Å². The van der Waals surface area contributed by atoms with Crippen LogP contribution in [0.15, 0.2) is 11.7 Å². The van der Waals surface area contributed by atoms with Gasteiger partial charge in [-0.2, -0.15) is 5.10 Å². The number of H-pyrrole nitrogens is 1. The minimum atomic E-state index is -1.07. The molecule has 0 aliphatic heterocycles. The Kier molecular flexibility index (Phi) is 5.21. The van der Waals surface area contributed by atoms with Gasteiger partial charge >= 0.3 is 12.0 Å². The molecule has 9 nitrogen and oxygen atoms in total. The first kappa shape index (κ1) is 14.9. The van der Waals surface area contributed by atoms with Crippen molar-refractivity contribution in [2.75, 3.05) is 6.54 Å². The zero-order valence-electron chi connectivity index (χ0n) is 11.0. The molecular weight excluding hydrogens is 296 g/mol. The predicted octanol–water partition coefficient (Wildman–Crippen LogP) is 0.391. The molecule has 21 heavy (non-hydrogen) atoms. The molecule has 0 saturated heterocycles. The highest BCUT2D eigenvalue weighted by Gasteiger charge is 2.09. The molecule has 112 valence electrons. The van der Waals surface area contributed by atoms with Gasteiger partial charge in [0.25, 0.3) is 0 Å². The number of aryl methyl sites for hydroxylation is 1. The number of carbonyl (C=O) groups is 2. The average molecular weight is 310 g/mol. The highest BCUT2D eigenvalue weighted by atomic mass is 32.1. The van der Waals surface area contributed by atoms with Crippen LogP contribution in [0.2, 0.25) is 0 Å². The van der Waals surface area contributed by atoms with Gasteiger partial charge in [-0.05, 0) is 6.42 Å². The van der Waals surface area contributed by atoms with E-state index in [4.69, 9.17) is 5.11 Å². The number of nitrogens with zero attached hydrogens (tertiary/aromatic N) is 3. The summed E-state index contributed by atoms with van der Waals surface area (Å²) in [6.45, 7) is 0.705. The number of rotatable bonds is 7. The second-order valence-corrected chi connectivity index (χ2v) is 5.02. The van der Waals surface area contributed by atoms with Crippen molar-refractivity contribution in [3.8, 4) is 0 Å². The molecular formula is C11H14N6O3S. The van der Waals surface area contributed by atoms with E-state index in [-0.39, 0.29) is 18.3 Å². The second kappa shape index (κ2) is 7.33. The number of carbonyl (C=O) groups excluding carboxylic acids is 1. The maximum Gasteiger partial charge on any atom is 0.355 e. The van der Waals surface area contributed by atoms with Crippen LogP contribution in [-0.4, -0.2) is 43.8 Å². The van der Waals surface area contributed by atoms with Gasteiger partial charge in [0.15, 0.2) is 5.69 Å². The van der Waals surface area contributed by atoms with Crippen molar-refractivity contribution in [1.29, 1.82) is 0 Å². The zero-order valence-corrected chi connectivity index (χ0v) is 11.8. The number of nitrogens with one attached hydrogen (secondary N) is 3. The highest BCUT2D eigenvalue weighted by molar-refractivity contribution is 7.09. The van der Waals surface area contributed by atoms with Crippen LogP contribution in [0.3, 0.4) is 0 Å². The van der Waals surface area contributed by atoms with E-state index in [0.717, 1.165) is 12.2 Å². The van der Waals surface area contributed by atoms with Crippen LogP contribution in [0, 0.1) is 0 Å². The molecule has 0 spiro atoms. The zero-order chi connectivity index (χ0) is 15.1. The highest BCUT2D eigenvalue weighted by Crippen LogP contribution is 2.09. The minimum absolute atomic E-state index is 0.00994. The van der Waals surface area contributed by atoms with Crippen molar-refractivity contribution in [2.45, 2.75) is 19.4 Å². The van der Waals surface area contributed by atoms with E-state index in [1.807, 2.05) is 0 Å². The van der Waals surface area contributed by atoms with E-state index in [9.17, 15) is 9.59 Å². The van der Waals surface area contributed by atoms with Gasteiger partial charge in [0.2, 0.25) is 0 Å². The monoisotopic (exact) mass is 310 g/mol. The number of urea groups is 1. The fourth-order valence-electron chi connectivity index (χ4n) is 1.52. The number of hydrogen-bond donors (Lipinski definition) is 4. The summed E-state index contributed by atoms with van der Waals surface area (Å²) in [7, 11) is 0. The lowest BCUT2D eigenvalue weighted by atomic mass is 10.3. The number of amides is 2. The summed E-state index contributed by atoms with van der Waals surface area (Å²) in [4.78, 5) is 30.0. The first-order chi connectivity index (χ1) is 10.1. The van der Waals surface area contributed by atoms with Gasteiger partial charge in [0.05, 0.1) is 6.54 Å². The molecule has 2 aromatic heterocycles. The summed E-state index contributed by atoms with van der Waals surface area (Å²) in [6, 6.07) is -0.320. The summed E-state index contributed by atoms with van der Waals surface area (Å²) < 4.78 is 0. The van der Waals surface area contributed by atoms with Crippen LogP contribution < -0.4 is 10.6 Å². The molecule has 0 radical (unpaired) electrons. The van der Waals surface area contributed by atoms with Gasteiger partial charge in [-0.1, -0.05) is 0 Å². The van der Waals surface area contributed by atoms with E-state index in [1.165, 1.54) is 23.0 Å². The van der Waals surface area contributed by atoms with Crippen LogP contribution in [0.25, 0.3) is 0 Å². The van der Waals surface area contributed by atoms with Crippen LogP contribution in [-0.2, 0) is 13.0 Å². The summed E-state index contributed by atoms with van der Waals surface area (Å²) in [5.41, 5.74) is -0.00994. The molecule has 0 aromatic carbocycles. The van der Waals surface area contributed by atoms with E-state index in [1.54, 1.807) is 0 Å². The summed E-state index contributed by atoms with van der Waals surface area (Å²) in [6.07, 6.45) is 2.88. The Morgan fingerprint density at radius 2 is 2.24 bits per heavy atom. The molecule has 4 N–H and O–H groups in total. The molecule has 10 heteroatoms. The lowest BCUT2D eigenvalue weighted by molar-refractivity contribution is 0.0691. The van der Waals surface area contributed by atoms with Crippen molar-refractivity contribution < 1.29 is 14.7 Å². The third-order valence-corrected chi connectivity index (χ3v) is 3.36. The topological polar surface area (TPSA) is 133 Å². The standard InChI is InChI=1S/C11H14N6O3S/c18-10(19)7-5-21-9(16-7)4-13-11(20)12-3-1-2-8-14-6-15-17-8/h5-6H,1-4H2,(H,18,19)(H2,12,13,20)(H,14,15,17). The van der Waals surface area contributed by atoms with Gasteiger partial charge in [0.1, 0.15) is 17.2 Å². The third-order valence-electron chi connectivity index (χ3n) is 2.51. The molecule has 2 aromatic rings. The Balaban J connectivity index is 1.61. The first-order valence-electron chi connectivity index (χ1n) is 6.19. The number of hydrogen-bond acceptors (Lipinski definition) is 6. The SMILES string of the molecule is O=C(NCCCc1ncn[nH]1)NCc1nc(C(=O)O)cs1. The molecule has 0 saturated carbocycles. The smallest absolute Gasteiger partial charge is 0.355 e. The molecule has 0 aliphatic carbocycles. The van der Waals surface area contributed by atoms with Crippen LogP contribution in [0.5, 0.6) is 0 Å². The molecule has 2 rings (SSSR count). The molecule has 0 aliphatic rings. The van der Waals surface area contributed by atoms with E-state index < -0.39 is 5.97 Å². The maximum atomic E-state index is 11.5. The largest absolute Gasteiger partial charge is 0.476 e. The molecule has 0 unspecified atom stereocenters. The first-order valence-corrected chi connectivity index (χ1v) is 7.07. The Morgan fingerprint density at radius 1 is 1.38 bits per heavy atom. The number of carboxylic acid groups (broad SMARTS) is 1. The minimum Gasteiger partial charge on any atom is -0.476 e. The van der Waals surface area contributed by atoms with Crippen molar-refractivity contribution in [3.63, 3.8) is 0 Å². The number of aromatic carboxylic acids is 1. The summed E-state index contributed by atoms with van der Waals surface area (Å²) in [5.74, 6) is -0.296. The lowest BCUT2D eigenvalue weighted by Gasteiger charge is -2.05. The fraction of sp³-hybridized carbons (Fsp3) is 0.364. The van der Waals surface area contributed by atoms with Gasteiger partial charge in [-0.15, -0.1) is 11.3 Å². The Labute approximate surface area is 123 Å². The average Bonchev–Trinajstić information content (AvgIpc) is 3.12. The Bertz CT molecular complexity index is 597. The van der Waals surface area contributed by atoms with Crippen molar-refractivity contribution >= 4 is 23.3 Å². The number of aromatic amines is 1. The predicted molar refractivity (Wildman–Crippen MR) is 74.0 cm³/mol. The molecule has 2 heterocycles. The summed E-state index contributed by atoms with van der Waals surface area (Å²) in [5, 5.41) is 22.5. The van der Waals surface area contributed by atoms with Crippen LogP contribution >= 0.6 is 11.3 Å². The van der Waals surface area contributed by atoms with Crippen LogP contribution in [0.1, 0.15) is 27.7 Å². The maximum absolute atomic E-state index is 11.5. The molecule has 0 atom stereocenters. The van der Waals surface area contributed by atoms with Crippen LogP contribution in [0.4, 0.5) is 4.79 Å². The quantitative estimate of drug-likeness (QED) is 0.547. The van der Waals surface area contributed by atoms with Gasteiger partial charge in [-0.25, -0.2) is 19.6 Å². The van der Waals surface area contributed by atoms with Gasteiger partial charge in [-0.3, -0.25) is 5.10 Å². The van der Waals surface area contributed by atoms with Crippen molar-refractivity contribution in [1.82, 2.24) is 30.8 Å². The molecule has 2 amide bonds. The van der Waals surface area contributed by atoms with E-state index in [0.29, 0.717) is 18.0 Å². The number of thiazole rings is 1.